The second kappa shape index (κ2) is 9.10. The summed E-state index contributed by atoms with van der Waals surface area (Å²) in [7, 11) is 0. The van der Waals surface area contributed by atoms with E-state index in [1.54, 1.807) is 0 Å². The van der Waals surface area contributed by atoms with E-state index in [1.165, 1.54) is 12.2 Å². The predicted molar refractivity (Wildman–Crippen MR) is 71.0 cm³/mol. The van der Waals surface area contributed by atoms with Crippen LogP contribution < -0.4 is 5.32 Å². The van der Waals surface area contributed by atoms with E-state index >= 15 is 0 Å². The first kappa shape index (κ1) is 16.0. The molecule has 0 saturated carbocycles. The SMILES string of the molecule is C=CC(=O)CCC(CCC(=O)C=C)NC(=O)C=C. The minimum Gasteiger partial charge on any atom is -0.350 e. The highest BCUT2D eigenvalue weighted by atomic mass is 16.1. The smallest absolute Gasteiger partial charge is 0.243 e. The van der Waals surface area contributed by atoms with Gasteiger partial charge >= 0.3 is 0 Å². The summed E-state index contributed by atoms with van der Waals surface area (Å²) in [6, 6.07) is -0.219. The Balaban J connectivity index is 4.31. The standard InChI is InChI=1S/C14H19NO3/c1-4-12(16)9-7-11(15-14(18)6-3)8-10-13(17)5-2/h4-6,11H,1-3,7-10H2,(H,15,18). The van der Waals surface area contributed by atoms with Crippen LogP contribution in [0.5, 0.6) is 0 Å². The second-order valence-corrected chi connectivity index (χ2v) is 3.83. The Kier molecular flexibility index (Phi) is 8.10. The van der Waals surface area contributed by atoms with Crippen LogP contribution in [0.15, 0.2) is 38.0 Å². The lowest BCUT2D eigenvalue weighted by Crippen LogP contribution is -2.34. The molecular weight excluding hydrogens is 230 g/mol. The fourth-order valence-corrected chi connectivity index (χ4v) is 1.39. The van der Waals surface area contributed by atoms with Crippen LogP contribution in [0.1, 0.15) is 25.7 Å². The molecule has 0 aliphatic rings. The molecule has 0 aromatic rings. The van der Waals surface area contributed by atoms with Gasteiger partial charge in [0.05, 0.1) is 0 Å². The molecule has 0 spiro atoms. The molecule has 0 heterocycles. The molecule has 0 unspecified atom stereocenters. The van der Waals surface area contributed by atoms with Gasteiger partial charge in [0.15, 0.2) is 11.6 Å². The van der Waals surface area contributed by atoms with Crippen molar-refractivity contribution in [2.75, 3.05) is 0 Å². The van der Waals surface area contributed by atoms with E-state index in [1.807, 2.05) is 0 Å². The molecule has 0 aromatic carbocycles. The summed E-state index contributed by atoms with van der Waals surface area (Å²) >= 11 is 0. The number of allylic oxidation sites excluding steroid dienone is 2. The van der Waals surface area contributed by atoms with Gasteiger partial charge in [-0.3, -0.25) is 14.4 Å². The molecular formula is C14H19NO3. The molecule has 0 aliphatic carbocycles. The Morgan fingerprint density at radius 2 is 1.33 bits per heavy atom. The zero-order chi connectivity index (χ0) is 14.0. The molecule has 1 amide bonds. The molecule has 4 nitrogen and oxygen atoms in total. The largest absolute Gasteiger partial charge is 0.350 e. The van der Waals surface area contributed by atoms with Crippen molar-refractivity contribution in [2.24, 2.45) is 0 Å². The number of carbonyl (C=O) groups is 3. The number of hydrogen-bond donors (Lipinski definition) is 1. The van der Waals surface area contributed by atoms with Gasteiger partial charge in [-0.1, -0.05) is 19.7 Å². The fraction of sp³-hybridized carbons (Fsp3) is 0.357. The summed E-state index contributed by atoms with van der Waals surface area (Å²) in [5, 5.41) is 2.70. The summed E-state index contributed by atoms with van der Waals surface area (Å²) < 4.78 is 0. The Labute approximate surface area is 107 Å². The number of ketones is 2. The second-order valence-electron chi connectivity index (χ2n) is 3.83. The lowest BCUT2D eigenvalue weighted by Gasteiger charge is -2.16. The first-order valence-corrected chi connectivity index (χ1v) is 5.77. The van der Waals surface area contributed by atoms with E-state index in [2.05, 4.69) is 25.1 Å². The van der Waals surface area contributed by atoms with E-state index in [0.717, 1.165) is 6.08 Å². The van der Waals surface area contributed by atoms with Crippen molar-refractivity contribution in [3.05, 3.63) is 38.0 Å². The maximum absolute atomic E-state index is 11.2. The predicted octanol–water partition coefficient (Wildman–Crippen LogP) is 1.73. The monoisotopic (exact) mass is 249 g/mol. The van der Waals surface area contributed by atoms with Crippen LogP contribution in [-0.4, -0.2) is 23.5 Å². The lowest BCUT2D eigenvalue weighted by molar-refractivity contribution is -0.119. The van der Waals surface area contributed by atoms with Crippen LogP contribution in [0.2, 0.25) is 0 Å². The molecule has 4 heteroatoms. The van der Waals surface area contributed by atoms with E-state index in [4.69, 9.17) is 0 Å². The van der Waals surface area contributed by atoms with Gasteiger partial charge in [-0.15, -0.1) is 0 Å². The highest BCUT2D eigenvalue weighted by Crippen LogP contribution is 2.07. The fourth-order valence-electron chi connectivity index (χ4n) is 1.39. The van der Waals surface area contributed by atoms with Crippen LogP contribution in [0.25, 0.3) is 0 Å². The number of rotatable bonds is 10. The molecule has 0 atom stereocenters. The molecule has 98 valence electrons. The Bertz CT molecular complexity index is 334. The van der Waals surface area contributed by atoms with Gasteiger partial charge in [0, 0.05) is 18.9 Å². The van der Waals surface area contributed by atoms with Gasteiger partial charge in [0.25, 0.3) is 0 Å². The molecule has 0 fully saturated rings. The normalized spacial score (nSPS) is 9.61. The average Bonchev–Trinajstić information content (AvgIpc) is 2.40. The number of hydrogen-bond acceptors (Lipinski definition) is 3. The highest BCUT2D eigenvalue weighted by Gasteiger charge is 2.13. The molecule has 0 bridgehead atoms. The zero-order valence-corrected chi connectivity index (χ0v) is 10.5. The van der Waals surface area contributed by atoms with Gasteiger partial charge in [0.2, 0.25) is 5.91 Å². The van der Waals surface area contributed by atoms with Crippen molar-refractivity contribution in [2.45, 2.75) is 31.7 Å². The molecule has 0 aliphatic heterocycles. The van der Waals surface area contributed by atoms with Gasteiger partial charge in [-0.25, -0.2) is 0 Å². The van der Waals surface area contributed by atoms with Crippen LogP contribution in [0.4, 0.5) is 0 Å². The molecule has 0 radical (unpaired) electrons. The quantitative estimate of drug-likeness (QED) is 0.600. The van der Waals surface area contributed by atoms with E-state index in [0.29, 0.717) is 25.7 Å². The molecule has 0 saturated heterocycles. The van der Waals surface area contributed by atoms with Crippen molar-refractivity contribution in [3.63, 3.8) is 0 Å². The van der Waals surface area contributed by atoms with Crippen LogP contribution in [-0.2, 0) is 14.4 Å². The molecule has 1 N–H and O–H groups in total. The van der Waals surface area contributed by atoms with Crippen LogP contribution in [0, 0.1) is 0 Å². The Morgan fingerprint density at radius 1 is 0.889 bits per heavy atom. The van der Waals surface area contributed by atoms with Gasteiger partial charge in [0.1, 0.15) is 0 Å². The van der Waals surface area contributed by atoms with Gasteiger partial charge < -0.3 is 5.32 Å². The topological polar surface area (TPSA) is 63.2 Å². The summed E-state index contributed by atoms with van der Waals surface area (Å²) in [6.45, 7) is 10.1. The van der Waals surface area contributed by atoms with Crippen molar-refractivity contribution in [1.29, 1.82) is 0 Å². The van der Waals surface area contributed by atoms with Crippen molar-refractivity contribution >= 4 is 17.5 Å². The third-order valence-corrected chi connectivity index (χ3v) is 2.47. The first-order valence-electron chi connectivity index (χ1n) is 5.77. The summed E-state index contributed by atoms with van der Waals surface area (Å²) in [5.74, 6) is -0.470. The van der Waals surface area contributed by atoms with Crippen molar-refractivity contribution in [3.8, 4) is 0 Å². The minimum atomic E-state index is -0.308. The van der Waals surface area contributed by atoms with Gasteiger partial charge in [-0.05, 0) is 31.1 Å². The third kappa shape index (κ3) is 7.33. The first-order chi connectivity index (χ1) is 8.53. The summed E-state index contributed by atoms with van der Waals surface area (Å²) in [6.07, 6.45) is 5.23. The Hall–Kier alpha value is -1.97. The van der Waals surface area contributed by atoms with Gasteiger partial charge in [-0.2, -0.15) is 0 Å². The lowest BCUT2D eigenvalue weighted by atomic mass is 10.0. The third-order valence-electron chi connectivity index (χ3n) is 2.47. The average molecular weight is 249 g/mol. The Morgan fingerprint density at radius 3 is 1.67 bits per heavy atom. The maximum atomic E-state index is 11.2. The van der Waals surface area contributed by atoms with E-state index < -0.39 is 0 Å². The number of nitrogens with one attached hydrogen (secondary N) is 1. The number of carbonyl (C=O) groups excluding carboxylic acids is 3. The van der Waals surface area contributed by atoms with E-state index in [-0.39, 0.29) is 23.5 Å². The summed E-state index contributed by atoms with van der Waals surface area (Å²) in [5.41, 5.74) is 0. The molecule has 0 aromatic heterocycles. The highest BCUT2D eigenvalue weighted by molar-refractivity contribution is 5.90. The van der Waals surface area contributed by atoms with Crippen molar-refractivity contribution < 1.29 is 14.4 Å². The maximum Gasteiger partial charge on any atom is 0.243 e. The zero-order valence-electron chi connectivity index (χ0n) is 10.5. The van der Waals surface area contributed by atoms with Crippen LogP contribution in [0.3, 0.4) is 0 Å². The molecule has 0 rings (SSSR count). The molecule has 18 heavy (non-hydrogen) atoms. The van der Waals surface area contributed by atoms with Crippen LogP contribution >= 0.6 is 0 Å². The summed E-state index contributed by atoms with van der Waals surface area (Å²) in [4.78, 5) is 33.5. The van der Waals surface area contributed by atoms with E-state index in [9.17, 15) is 14.4 Å². The van der Waals surface area contributed by atoms with Crippen molar-refractivity contribution in [1.82, 2.24) is 5.32 Å². The number of amides is 1. The minimum absolute atomic E-state index is 0.0806.